The number of thiophene rings is 1. The number of anilines is 1. The molecule has 0 fully saturated rings. The smallest absolute Gasteiger partial charge is 0.391 e. The first kappa shape index (κ1) is 10.2. The Morgan fingerprint density at radius 2 is 1.80 bits per heavy atom. The molecule has 1 aromatic heterocycles. The van der Waals surface area contributed by atoms with Crippen molar-refractivity contribution in [1.29, 1.82) is 0 Å². The highest BCUT2D eigenvalue weighted by molar-refractivity contribution is 7.22. The highest BCUT2D eigenvalue weighted by atomic mass is 32.1. The van der Waals surface area contributed by atoms with E-state index >= 15 is 0 Å². The van der Waals surface area contributed by atoms with Crippen molar-refractivity contribution >= 4 is 26.4 Å². The number of alkyl halides is 3. The van der Waals surface area contributed by atoms with Crippen LogP contribution >= 0.6 is 11.3 Å². The summed E-state index contributed by atoms with van der Waals surface area (Å²) < 4.78 is 50.4. The van der Waals surface area contributed by atoms with Crippen molar-refractivity contribution in [1.82, 2.24) is 0 Å². The quantitative estimate of drug-likeness (QED) is 0.693. The van der Waals surface area contributed by atoms with Crippen LogP contribution in [0.15, 0.2) is 18.2 Å². The summed E-state index contributed by atoms with van der Waals surface area (Å²) >= 11 is 1.00. The van der Waals surface area contributed by atoms with Gasteiger partial charge in [-0.15, -0.1) is 11.3 Å². The van der Waals surface area contributed by atoms with E-state index in [4.69, 9.17) is 5.73 Å². The monoisotopic (exact) mass is 235 g/mol. The van der Waals surface area contributed by atoms with Crippen LogP contribution < -0.4 is 5.73 Å². The molecule has 2 rings (SSSR count). The summed E-state index contributed by atoms with van der Waals surface area (Å²) in [5.74, 6) is -1.27. The standard InChI is InChI=1S/C9H5F4NS/c10-6-1-4-2-8(14)15-7(4)3-5(6)9(11,12)13/h1-3H,14H2. The molecule has 2 aromatic rings. The zero-order valence-electron chi connectivity index (χ0n) is 7.23. The van der Waals surface area contributed by atoms with Gasteiger partial charge in [0, 0.05) is 4.70 Å². The number of hydrogen-bond donors (Lipinski definition) is 1. The minimum atomic E-state index is -4.67. The molecular formula is C9H5F4NS. The van der Waals surface area contributed by atoms with Gasteiger partial charge in [0.25, 0.3) is 0 Å². The molecule has 6 heteroatoms. The Labute approximate surface area is 86.1 Å². The maximum Gasteiger partial charge on any atom is 0.419 e. The highest BCUT2D eigenvalue weighted by Crippen LogP contribution is 2.36. The summed E-state index contributed by atoms with van der Waals surface area (Å²) in [6.45, 7) is 0. The van der Waals surface area contributed by atoms with E-state index in [1.165, 1.54) is 6.07 Å². The molecule has 2 N–H and O–H groups in total. The number of halogens is 4. The number of nitrogens with two attached hydrogens (primary N) is 1. The lowest BCUT2D eigenvalue weighted by atomic mass is 10.1. The molecule has 0 aliphatic heterocycles. The number of benzene rings is 1. The summed E-state index contributed by atoms with van der Waals surface area (Å²) in [5.41, 5.74) is 4.16. The lowest BCUT2D eigenvalue weighted by Crippen LogP contribution is -2.07. The Morgan fingerprint density at radius 3 is 2.40 bits per heavy atom. The van der Waals surface area contributed by atoms with E-state index in [9.17, 15) is 17.6 Å². The van der Waals surface area contributed by atoms with Gasteiger partial charge in [-0.1, -0.05) is 0 Å². The van der Waals surface area contributed by atoms with Crippen LogP contribution in [0.1, 0.15) is 5.56 Å². The number of fused-ring (bicyclic) bond motifs is 1. The van der Waals surface area contributed by atoms with Crippen molar-refractivity contribution in [2.45, 2.75) is 6.18 Å². The summed E-state index contributed by atoms with van der Waals surface area (Å²) in [5, 5.41) is 0.756. The van der Waals surface area contributed by atoms with Crippen molar-refractivity contribution < 1.29 is 17.6 Å². The van der Waals surface area contributed by atoms with Gasteiger partial charge in [-0.25, -0.2) is 4.39 Å². The third-order valence-electron chi connectivity index (χ3n) is 1.93. The van der Waals surface area contributed by atoms with Gasteiger partial charge in [-0.05, 0) is 23.6 Å². The molecule has 0 aliphatic rings. The van der Waals surface area contributed by atoms with E-state index in [1.807, 2.05) is 0 Å². The molecule has 1 nitrogen and oxygen atoms in total. The van der Waals surface area contributed by atoms with Gasteiger partial charge < -0.3 is 5.73 Å². The van der Waals surface area contributed by atoms with Gasteiger partial charge in [0.1, 0.15) is 5.82 Å². The lowest BCUT2D eigenvalue weighted by molar-refractivity contribution is -0.139. The molecule has 0 saturated heterocycles. The van der Waals surface area contributed by atoms with E-state index in [0.717, 1.165) is 23.5 Å². The fourth-order valence-electron chi connectivity index (χ4n) is 1.30. The molecule has 15 heavy (non-hydrogen) atoms. The van der Waals surface area contributed by atoms with Gasteiger partial charge in [0.15, 0.2) is 0 Å². The molecule has 0 bridgehead atoms. The highest BCUT2D eigenvalue weighted by Gasteiger charge is 2.34. The van der Waals surface area contributed by atoms with Crippen molar-refractivity contribution in [3.8, 4) is 0 Å². The Bertz CT molecular complexity index is 515. The second-order valence-electron chi connectivity index (χ2n) is 3.02. The van der Waals surface area contributed by atoms with Crippen LogP contribution in [-0.4, -0.2) is 0 Å². The maximum atomic E-state index is 13.1. The van der Waals surface area contributed by atoms with Crippen LogP contribution in [0, 0.1) is 5.82 Å². The Kier molecular flexibility index (Phi) is 2.11. The van der Waals surface area contributed by atoms with E-state index in [-0.39, 0.29) is 0 Å². The van der Waals surface area contributed by atoms with E-state index in [2.05, 4.69) is 0 Å². The number of nitrogen functional groups attached to an aromatic ring is 1. The summed E-state index contributed by atoms with van der Waals surface area (Å²) in [6, 6.07) is 3.08. The first-order valence-corrected chi connectivity index (χ1v) is 4.75. The predicted molar refractivity (Wildman–Crippen MR) is 51.2 cm³/mol. The van der Waals surface area contributed by atoms with Gasteiger partial charge in [-0.3, -0.25) is 0 Å². The molecule has 0 radical (unpaired) electrons. The number of hydrogen-bond acceptors (Lipinski definition) is 2. The minimum absolute atomic E-state index is 0.334. The van der Waals surface area contributed by atoms with Crippen LogP contribution in [0.5, 0.6) is 0 Å². The fourth-order valence-corrected chi connectivity index (χ4v) is 2.15. The molecule has 0 atom stereocenters. The van der Waals surface area contributed by atoms with Crippen LogP contribution in [0.2, 0.25) is 0 Å². The van der Waals surface area contributed by atoms with Crippen molar-refractivity contribution in [3.63, 3.8) is 0 Å². The fraction of sp³-hybridized carbons (Fsp3) is 0.111. The Morgan fingerprint density at radius 1 is 1.13 bits per heavy atom. The van der Waals surface area contributed by atoms with Gasteiger partial charge in [-0.2, -0.15) is 13.2 Å². The zero-order valence-corrected chi connectivity index (χ0v) is 8.05. The summed E-state index contributed by atoms with van der Waals surface area (Å²) in [4.78, 5) is 0. The van der Waals surface area contributed by atoms with Crippen LogP contribution in [-0.2, 0) is 6.18 Å². The molecule has 0 unspecified atom stereocenters. The van der Waals surface area contributed by atoms with Crippen LogP contribution in [0.3, 0.4) is 0 Å². The second kappa shape index (κ2) is 3.10. The van der Waals surface area contributed by atoms with Gasteiger partial charge in [0.2, 0.25) is 0 Å². The third kappa shape index (κ3) is 1.77. The molecule has 0 amide bonds. The summed E-state index contributed by atoms with van der Waals surface area (Å²) in [6.07, 6.45) is -4.67. The molecule has 1 heterocycles. The Hall–Kier alpha value is -1.30. The second-order valence-corrected chi connectivity index (χ2v) is 4.13. The Balaban J connectivity index is 2.72. The maximum absolute atomic E-state index is 13.1. The van der Waals surface area contributed by atoms with E-state index in [0.29, 0.717) is 15.1 Å². The molecule has 0 spiro atoms. The van der Waals surface area contributed by atoms with Crippen molar-refractivity contribution in [3.05, 3.63) is 29.6 Å². The lowest BCUT2D eigenvalue weighted by Gasteiger charge is -2.07. The first-order chi connectivity index (χ1) is 6.88. The topological polar surface area (TPSA) is 26.0 Å². The van der Waals surface area contributed by atoms with Crippen LogP contribution in [0.25, 0.3) is 10.1 Å². The zero-order chi connectivity index (χ0) is 11.2. The largest absolute Gasteiger partial charge is 0.419 e. The minimum Gasteiger partial charge on any atom is -0.391 e. The normalized spacial score (nSPS) is 12.3. The van der Waals surface area contributed by atoms with Gasteiger partial charge in [0.05, 0.1) is 10.6 Å². The molecule has 1 aromatic carbocycles. The van der Waals surface area contributed by atoms with Gasteiger partial charge >= 0.3 is 6.18 Å². The van der Waals surface area contributed by atoms with Crippen molar-refractivity contribution in [2.24, 2.45) is 0 Å². The number of rotatable bonds is 0. The predicted octanol–water partition coefficient (Wildman–Crippen LogP) is 3.64. The third-order valence-corrected chi connectivity index (χ3v) is 2.86. The molecule has 0 aliphatic carbocycles. The van der Waals surface area contributed by atoms with Crippen LogP contribution in [0.4, 0.5) is 22.6 Å². The first-order valence-electron chi connectivity index (χ1n) is 3.93. The molecule has 0 saturated carbocycles. The molecule has 80 valence electrons. The van der Waals surface area contributed by atoms with E-state index < -0.39 is 17.6 Å². The molecular weight excluding hydrogens is 230 g/mol. The van der Waals surface area contributed by atoms with Crippen molar-refractivity contribution in [2.75, 3.05) is 5.73 Å². The average Bonchev–Trinajstić information content (AvgIpc) is 2.40. The average molecular weight is 235 g/mol. The van der Waals surface area contributed by atoms with E-state index in [1.54, 1.807) is 0 Å². The summed E-state index contributed by atoms with van der Waals surface area (Å²) in [7, 11) is 0. The SMILES string of the molecule is Nc1cc2cc(F)c(C(F)(F)F)cc2s1.